The third kappa shape index (κ3) is 1.88. The molecule has 1 heterocycles. The molecule has 0 aliphatic carbocycles. The Kier molecular flexibility index (Phi) is 2.18. The van der Waals surface area contributed by atoms with E-state index in [0.29, 0.717) is 0 Å². The van der Waals surface area contributed by atoms with Crippen molar-refractivity contribution in [2.75, 3.05) is 13.6 Å². The molecule has 0 aromatic carbocycles. The molecule has 11 heavy (non-hydrogen) atoms. The van der Waals surface area contributed by atoms with Crippen LogP contribution in [0.25, 0.3) is 0 Å². The fraction of sp³-hybridized carbons (Fsp3) is 1.00. The van der Waals surface area contributed by atoms with Crippen molar-refractivity contribution >= 4 is 7.12 Å². The number of rotatable bonds is 1. The van der Waals surface area contributed by atoms with Gasteiger partial charge in [-0.2, -0.15) is 0 Å². The molecule has 1 rings (SSSR count). The van der Waals surface area contributed by atoms with Crippen LogP contribution in [0, 0.1) is 0 Å². The SMILES string of the molecule is CN1CC(F)(F)CC1B(O)O. The molecule has 0 aromatic heterocycles. The van der Waals surface area contributed by atoms with Gasteiger partial charge in [-0.3, -0.25) is 4.90 Å². The molecule has 0 spiro atoms. The normalized spacial score (nSPS) is 30.8. The maximum Gasteiger partial charge on any atom is 0.470 e. The topological polar surface area (TPSA) is 43.7 Å². The molecule has 1 atom stereocenters. The lowest BCUT2D eigenvalue weighted by atomic mass is 9.78. The first kappa shape index (κ1) is 8.90. The summed E-state index contributed by atoms with van der Waals surface area (Å²) in [6.07, 6.45) is -0.471. The van der Waals surface area contributed by atoms with Crippen LogP contribution >= 0.6 is 0 Å². The molecular weight excluding hydrogens is 155 g/mol. The van der Waals surface area contributed by atoms with Crippen molar-refractivity contribution in [3.63, 3.8) is 0 Å². The van der Waals surface area contributed by atoms with E-state index in [1.54, 1.807) is 0 Å². The molecule has 0 saturated carbocycles. The van der Waals surface area contributed by atoms with Gasteiger partial charge in [-0.25, -0.2) is 8.78 Å². The second-order valence-electron chi connectivity index (χ2n) is 2.96. The van der Waals surface area contributed by atoms with Crippen molar-refractivity contribution in [1.29, 1.82) is 0 Å². The zero-order chi connectivity index (χ0) is 8.65. The van der Waals surface area contributed by atoms with Crippen LogP contribution in [0.5, 0.6) is 0 Å². The monoisotopic (exact) mass is 165 g/mol. The minimum atomic E-state index is -2.77. The molecule has 1 unspecified atom stereocenters. The predicted molar refractivity (Wildman–Crippen MR) is 36.2 cm³/mol. The summed E-state index contributed by atoms with van der Waals surface area (Å²) in [5, 5.41) is 17.3. The summed E-state index contributed by atoms with van der Waals surface area (Å²) in [6, 6.07) is 0. The standard InChI is InChI=1S/C5H10BF2NO2/c1-9-3-5(7,8)2-4(9)6(10)11/h4,10-11H,2-3H2,1H3. The van der Waals surface area contributed by atoms with Gasteiger partial charge in [-0.1, -0.05) is 0 Å². The minimum Gasteiger partial charge on any atom is -0.426 e. The van der Waals surface area contributed by atoms with E-state index in [0.717, 1.165) is 0 Å². The summed E-state index contributed by atoms with van der Waals surface area (Å²) >= 11 is 0. The van der Waals surface area contributed by atoms with Gasteiger partial charge in [0.2, 0.25) is 0 Å². The van der Waals surface area contributed by atoms with Crippen LogP contribution in [-0.2, 0) is 0 Å². The van der Waals surface area contributed by atoms with Crippen molar-refractivity contribution in [2.45, 2.75) is 18.3 Å². The lowest BCUT2D eigenvalue weighted by Crippen LogP contribution is -2.39. The van der Waals surface area contributed by atoms with E-state index in [1.165, 1.54) is 11.9 Å². The van der Waals surface area contributed by atoms with Gasteiger partial charge in [0, 0.05) is 6.42 Å². The summed E-state index contributed by atoms with van der Waals surface area (Å²) in [7, 11) is -0.223. The van der Waals surface area contributed by atoms with E-state index in [1.807, 2.05) is 0 Å². The Morgan fingerprint density at radius 1 is 1.55 bits per heavy atom. The molecule has 0 radical (unpaired) electrons. The Labute approximate surface area is 63.8 Å². The molecule has 6 heteroatoms. The summed E-state index contributed by atoms with van der Waals surface area (Å²) in [6.45, 7) is -0.394. The van der Waals surface area contributed by atoms with Crippen molar-refractivity contribution in [3.05, 3.63) is 0 Å². The smallest absolute Gasteiger partial charge is 0.426 e. The Hall–Kier alpha value is -0.195. The van der Waals surface area contributed by atoms with Crippen LogP contribution in [0.2, 0.25) is 0 Å². The molecule has 1 saturated heterocycles. The fourth-order valence-electron chi connectivity index (χ4n) is 1.34. The highest BCUT2D eigenvalue weighted by atomic mass is 19.3. The first-order valence-corrected chi connectivity index (χ1v) is 3.36. The molecule has 0 bridgehead atoms. The van der Waals surface area contributed by atoms with Gasteiger partial charge in [0.05, 0.1) is 12.5 Å². The number of hydrogen-bond donors (Lipinski definition) is 2. The largest absolute Gasteiger partial charge is 0.470 e. The van der Waals surface area contributed by atoms with Gasteiger partial charge in [0.1, 0.15) is 0 Å². The van der Waals surface area contributed by atoms with Crippen LogP contribution < -0.4 is 0 Å². The molecule has 1 aliphatic rings. The van der Waals surface area contributed by atoms with Gasteiger partial charge >= 0.3 is 7.12 Å². The van der Waals surface area contributed by atoms with Gasteiger partial charge in [0.25, 0.3) is 5.92 Å². The summed E-state index contributed by atoms with van der Waals surface area (Å²) in [4.78, 5) is 1.25. The Morgan fingerprint density at radius 2 is 2.09 bits per heavy atom. The lowest BCUT2D eigenvalue weighted by Gasteiger charge is -2.15. The fourth-order valence-corrected chi connectivity index (χ4v) is 1.34. The van der Waals surface area contributed by atoms with Crippen molar-refractivity contribution in [1.82, 2.24) is 4.90 Å². The number of nitrogens with zero attached hydrogens (tertiary/aromatic N) is 1. The summed E-state index contributed by atoms with van der Waals surface area (Å²) < 4.78 is 25.1. The van der Waals surface area contributed by atoms with Crippen LogP contribution in [0.3, 0.4) is 0 Å². The molecular formula is C5H10BF2NO2. The second kappa shape index (κ2) is 2.69. The maximum absolute atomic E-state index is 12.5. The number of hydrogen-bond acceptors (Lipinski definition) is 3. The average molecular weight is 165 g/mol. The van der Waals surface area contributed by atoms with E-state index in [9.17, 15) is 8.78 Å². The van der Waals surface area contributed by atoms with E-state index in [2.05, 4.69) is 0 Å². The van der Waals surface area contributed by atoms with E-state index >= 15 is 0 Å². The quantitative estimate of drug-likeness (QED) is 0.506. The molecule has 64 valence electrons. The molecule has 3 nitrogen and oxygen atoms in total. The maximum atomic E-state index is 12.5. The molecule has 0 aromatic rings. The Morgan fingerprint density at radius 3 is 2.27 bits per heavy atom. The Balaban J connectivity index is 2.59. The van der Waals surface area contributed by atoms with Gasteiger partial charge < -0.3 is 10.0 Å². The van der Waals surface area contributed by atoms with Crippen molar-refractivity contribution in [3.8, 4) is 0 Å². The average Bonchev–Trinajstić information content (AvgIpc) is 2.05. The minimum absolute atomic E-state index is 0.394. The first-order chi connectivity index (χ1) is 4.92. The third-order valence-corrected chi connectivity index (χ3v) is 1.90. The zero-order valence-corrected chi connectivity index (χ0v) is 6.17. The van der Waals surface area contributed by atoms with Crippen LogP contribution in [0.4, 0.5) is 8.78 Å². The highest BCUT2D eigenvalue weighted by Crippen LogP contribution is 2.30. The van der Waals surface area contributed by atoms with Crippen LogP contribution in [0.1, 0.15) is 6.42 Å². The summed E-state index contributed by atoms with van der Waals surface area (Å²) in [5.41, 5.74) is 0. The summed E-state index contributed by atoms with van der Waals surface area (Å²) in [5.74, 6) is -3.60. The van der Waals surface area contributed by atoms with Gasteiger partial charge in [-0.15, -0.1) is 0 Å². The number of halogens is 2. The Bertz CT molecular complexity index is 155. The van der Waals surface area contributed by atoms with Crippen LogP contribution in [0.15, 0.2) is 0 Å². The lowest BCUT2D eigenvalue weighted by molar-refractivity contribution is 0.0142. The van der Waals surface area contributed by atoms with Crippen molar-refractivity contribution in [2.24, 2.45) is 0 Å². The molecule has 2 N–H and O–H groups in total. The third-order valence-electron chi connectivity index (χ3n) is 1.90. The van der Waals surface area contributed by atoms with E-state index in [-0.39, 0.29) is 0 Å². The first-order valence-electron chi connectivity index (χ1n) is 3.36. The van der Waals surface area contributed by atoms with E-state index < -0.39 is 31.9 Å². The zero-order valence-electron chi connectivity index (χ0n) is 6.17. The number of alkyl halides is 2. The number of likely N-dealkylation sites (tertiary alicyclic amines) is 1. The second-order valence-corrected chi connectivity index (χ2v) is 2.96. The molecule has 1 fully saturated rings. The highest BCUT2D eigenvalue weighted by molar-refractivity contribution is 6.43. The predicted octanol–water partition coefficient (Wildman–Crippen LogP) is -0.662. The highest BCUT2D eigenvalue weighted by Gasteiger charge is 2.47. The van der Waals surface area contributed by atoms with Crippen LogP contribution in [-0.4, -0.2) is 47.5 Å². The molecule has 0 amide bonds. The van der Waals surface area contributed by atoms with Crippen molar-refractivity contribution < 1.29 is 18.8 Å². The molecule has 1 aliphatic heterocycles. The van der Waals surface area contributed by atoms with Gasteiger partial charge in [0.15, 0.2) is 0 Å². The van der Waals surface area contributed by atoms with E-state index in [4.69, 9.17) is 10.0 Å². The van der Waals surface area contributed by atoms with Gasteiger partial charge in [-0.05, 0) is 7.05 Å².